The molecule has 2 N–H and O–H groups in total. The van der Waals surface area contributed by atoms with E-state index in [1.54, 1.807) is 6.07 Å². The van der Waals surface area contributed by atoms with Gasteiger partial charge < -0.3 is 10.3 Å². The van der Waals surface area contributed by atoms with Crippen LogP contribution < -0.4 is 10.9 Å². The minimum Gasteiger partial charge on any atom is -0.310 e. The highest BCUT2D eigenvalue weighted by Gasteiger charge is 2.18. The van der Waals surface area contributed by atoms with Crippen molar-refractivity contribution in [3.8, 4) is 0 Å². The van der Waals surface area contributed by atoms with Crippen LogP contribution in [0.1, 0.15) is 30.7 Å². The molecule has 0 bridgehead atoms. The fraction of sp³-hybridized carbons (Fsp3) is 0.273. The molecule has 7 heteroatoms. The van der Waals surface area contributed by atoms with Crippen molar-refractivity contribution in [1.29, 1.82) is 0 Å². The van der Waals surface area contributed by atoms with Gasteiger partial charge in [0.2, 0.25) is 0 Å². The van der Waals surface area contributed by atoms with E-state index < -0.39 is 4.92 Å². The number of fused-ring (bicyclic) bond motifs is 1. The first-order valence-corrected chi connectivity index (χ1v) is 9.76. The zero-order chi connectivity index (χ0) is 20.2. The van der Waals surface area contributed by atoms with Crippen molar-refractivity contribution in [2.45, 2.75) is 31.7 Å². The second-order valence-electron chi connectivity index (χ2n) is 7.24. The molecule has 2 heterocycles. The molecule has 2 aromatic carbocycles. The zero-order valence-electron chi connectivity index (χ0n) is 15.9. The number of H-pyrrole nitrogens is 1. The summed E-state index contributed by atoms with van der Waals surface area (Å²) in [5.74, 6) is 0.492. The Hall–Kier alpha value is -3.32. The Bertz CT molecular complexity index is 1120. The van der Waals surface area contributed by atoms with Crippen LogP contribution in [-0.4, -0.2) is 27.5 Å². The van der Waals surface area contributed by atoms with Crippen molar-refractivity contribution in [2.75, 3.05) is 6.54 Å². The SMILES string of the molecule is O=c1[nH]c(CCCC2CC(c3ccccc3)=CCN2)nc2c([N+](=O)[O-])cccc12. The van der Waals surface area contributed by atoms with Crippen LogP contribution in [0.4, 0.5) is 5.69 Å². The second kappa shape index (κ2) is 8.36. The Balaban J connectivity index is 1.43. The zero-order valence-corrected chi connectivity index (χ0v) is 15.9. The topological polar surface area (TPSA) is 101 Å². The van der Waals surface area contributed by atoms with Crippen LogP contribution in [0.15, 0.2) is 59.4 Å². The third-order valence-electron chi connectivity index (χ3n) is 5.29. The van der Waals surface area contributed by atoms with Crippen LogP contribution in [0, 0.1) is 10.1 Å². The van der Waals surface area contributed by atoms with E-state index >= 15 is 0 Å². The van der Waals surface area contributed by atoms with E-state index in [4.69, 9.17) is 0 Å². The molecule has 0 amide bonds. The number of para-hydroxylation sites is 1. The number of hydrogen-bond acceptors (Lipinski definition) is 5. The molecular weight excluding hydrogens is 368 g/mol. The van der Waals surface area contributed by atoms with Gasteiger partial charge in [-0.25, -0.2) is 4.98 Å². The van der Waals surface area contributed by atoms with E-state index in [1.807, 2.05) is 18.2 Å². The van der Waals surface area contributed by atoms with Crippen molar-refractivity contribution in [3.05, 3.63) is 86.5 Å². The summed E-state index contributed by atoms with van der Waals surface area (Å²) in [5.41, 5.74) is 2.29. The summed E-state index contributed by atoms with van der Waals surface area (Å²) < 4.78 is 0. The van der Waals surface area contributed by atoms with Gasteiger partial charge in [0.05, 0.1) is 10.3 Å². The minimum absolute atomic E-state index is 0.138. The molecule has 29 heavy (non-hydrogen) atoms. The number of nitrogens with zero attached hydrogens (tertiary/aromatic N) is 2. The van der Waals surface area contributed by atoms with Gasteiger partial charge in [0.25, 0.3) is 11.2 Å². The lowest BCUT2D eigenvalue weighted by Crippen LogP contribution is -2.33. The number of aromatic nitrogens is 2. The molecule has 7 nitrogen and oxygen atoms in total. The maximum Gasteiger partial charge on any atom is 0.295 e. The van der Waals surface area contributed by atoms with Crippen LogP contribution in [0.2, 0.25) is 0 Å². The second-order valence-corrected chi connectivity index (χ2v) is 7.24. The van der Waals surface area contributed by atoms with E-state index in [-0.39, 0.29) is 22.1 Å². The molecule has 0 radical (unpaired) electrons. The molecule has 0 aliphatic carbocycles. The number of nitrogens with one attached hydrogen (secondary N) is 2. The summed E-state index contributed by atoms with van der Waals surface area (Å²) in [5, 5.41) is 15.0. The largest absolute Gasteiger partial charge is 0.310 e. The van der Waals surface area contributed by atoms with Crippen molar-refractivity contribution >= 4 is 22.2 Å². The number of aromatic amines is 1. The van der Waals surface area contributed by atoms with Crippen molar-refractivity contribution in [2.24, 2.45) is 0 Å². The predicted octanol–water partition coefficient (Wildman–Crippen LogP) is 3.60. The standard InChI is InChI=1S/C22H22N4O3/c27-22-18-9-5-10-19(26(28)29)21(18)24-20(25-22)11-4-8-17-14-16(12-13-23-17)15-6-2-1-3-7-15/h1-3,5-7,9-10,12,17,23H,4,8,11,13-14H2,(H,24,25,27). The Morgan fingerprint density at radius 1 is 1.14 bits per heavy atom. The van der Waals surface area contributed by atoms with E-state index in [1.165, 1.54) is 23.3 Å². The van der Waals surface area contributed by atoms with Gasteiger partial charge in [0.15, 0.2) is 5.52 Å². The maximum absolute atomic E-state index is 12.3. The van der Waals surface area contributed by atoms with Crippen molar-refractivity contribution in [3.63, 3.8) is 0 Å². The van der Waals surface area contributed by atoms with Gasteiger partial charge in [-0.1, -0.05) is 42.5 Å². The Morgan fingerprint density at radius 3 is 2.76 bits per heavy atom. The number of aryl methyl sites for hydroxylation is 1. The molecule has 1 aliphatic rings. The molecule has 1 aliphatic heterocycles. The molecule has 0 saturated carbocycles. The first-order chi connectivity index (χ1) is 14.1. The molecule has 1 atom stereocenters. The Labute approximate surface area is 167 Å². The molecule has 0 fully saturated rings. The number of hydrogen-bond donors (Lipinski definition) is 2. The smallest absolute Gasteiger partial charge is 0.295 e. The molecular formula is C22H22N4O3. The average molecular weight is 390 g/mol. The predicted molar refractivity (Wildman–Crippen MR) is 113 cm³/mol. The summed E-state index contributed by atoms with van der Waals surface area (Å²) in [6, 6.07) is 15.2. The monoisotopic (exact) mass is 390 g/mol. The molecule has 0 saturated heterocycles. The van der Waals surface area contributed by atoms with Crippen LogP contribution >= 0.6 is 0 Å². The first-order valence-electron chi connectivity index (χ1n) is 9.76. The van der Waals surface area contributed by atoms with E-state index in [9.17, 15) is 14.9 Å². The van der Waals surface area contributed by atoms with Gasteiger partial charge in [-0.2, -0.15) is 0 Å². The maximum atomic E-state index is 12.3. The van der Waals surface area contributed by atoms with Crippen LogP contribution in [0.5, 0.6) is 0 Å². The molecule has 1 aromatic heterocycles. The summed E-state index contributed by atoms with van der Waals surface area (Å²) in [6.07, 6.45) is 5.52. The van der Waals surface area contributed by atoms with Gasteiger partial charge in [-0.3, -0.25) is 14.9 Å². The third-order valence-corrected chi connectivity index (χ3v) is 5.29. The fourth-order valence-electron chi connectivity index (χ4n) is 3.84. The minimum atomic E-state index is -0.498. The average Bonchev–Trinajstić information content (AvgIpc) is 2.74. The molecule has 4 rings (SSSR count). The van der Waals surface area contributed by atoms with E-state index in [2.05, 4.69) is 33.5 Å². The summed E-state index contributed by atoms with van der Waals surface area (Å²) in [4.78, 5) is 30.2. The van der Waals surface area contributed by atoms with Gasteiger partial charge in [0.1, 0.15) is 5.82 Å². The fourth-order valence-corrected chi connectivity index (χ4v) is 3.84. The van der Waals surface area contributed by atoms with Crippen LogP contribution in [-0.2, 0) is 6.42 Å². The van der Waals surface area contributed by atoms with Crippen LogP contribution in [0.3, 0.4) is 0 Å². The highest BCUT2D eigenvalue weighted by molar-refractivity contribution is 5.86. The number of nitro groups is 1. The van der Waals surface area contributed by atoms with Crippen molar-refractivity contribution < 1.29 is 4.92 Å². The van der Waals surface area contributed by atoms with Crippen molar-refractivity contribution in [1.82, 2.24) is 15.3 Å². The molecule has 3 aromatic rings. The van der Waals surface area contributed by atoms with Gasteiger partial charge in [0, 0.05) is 25.1 Å². The van der Waals surface area contributed by atoms with Gasteiger partial charge >= 0.3 is 0 Å². The highest BCUT2D eigenvalue weighted by Crippen LogP contribution is 2.25. The first kappa shape index (κ1) is 19.0. The highest BCUT2D eigenvalue weighted by atomic mass is 16.6. The summed E-state index contributed by atoms with van der Waals surface area (Å²) in [6.45, 7) is 0.839. The van der Waals surface area contributed by atoms with Gasteiger partial charge in [-0.05, 0) is 36.5 Å². The number of rotatable bonds is 6. The van der Waals surface area contributed by atoms with Gasteiger partial charge in [-0.15, -0.1) is 0 Å². The Morgan fingerprint density at radius 2 is 1.97 bits per heavy atom. The molecule has 0 spiro atoms. The summed E-state index contributed by atoms with van der Waals surface area (Å²) >= 11 is 0. The third kappa shape index (κ3) is 4.25. The van der Waals surface area contributed by atoms with Crippen LogP contribution in [0.25, 0.3) is 16.5 Å². The number of benzene rings is 2. The quantitative estimate of drug-likeness (QED) is 0.495. The lowest BCUT2D eigenvalue weighted by molar-refractivity contribution is -0.383. The Kier molecular flexibility index (Phi) is 5.48. The lowest BCUT2D eigenvalue weighted by Gasteiger charge is -2.24. The van der Waals surface area contributed by atoms with E-state index in [0.717, 1.165) is 25.8 Å². The van der Waals surface area contributed by atoms with E-state index in [0.29, 0.717) is 18.3 Å². The number of non-ortho nitro benzene ring substituents is 1. The molecule has 148 valence electrons. The molecule has 1 unspecified atom stereocenters. The summed E-state index contributed by atoms with van der Waals surface area (Å²) in [7, 11) is 0. The lowest BCUT2D eigenvalue weighted by atomic mass is 9.93. The number of nitro benzene ring substituents is 1. The normalized spacial score (nSPS) is 16.6.